The first-order valence-electron chi connectivity index (χ1n) is 1.94. The van der Waals surface area contributed by atoms with Crippen LogP contribution in [0.5, 0.6) is 0 Å². The Morgan fingerprint density at radius 3 is 2.67 bits per heavy atom. The molecule has 0 saturated heterocycles. The summed E-state index contributed by atoms with van der Waals surface area (Å²) >= 11 is -0.373. The van der Waals surface area contributed by atoms with Gasteiger partial charge in [-0.3, -0.25) is 0 Å². The predicted molar refractivity (Wildman–Crippen MR) is 34.5 cm³/mol. The van der Waals surface area contributed by atoms with E-state index in [2.05, 4.69) is 0 Å². The third-order valence-electron chi connectivity index (χ3n) is 0.697. The summed E-state index contributed by atoms with van der Waals surface area (Å²) in [6.45, 7) is 0. The van der Waals surface area contributed by atoms with Crippen LogP contribution in [0.3, 0.4) is 0 Å². The Bertz CT molecular complexity index is 189. The van der Waals surface area contributed by atoms with E-state index in [4.69, 9.17) is 4.55 Å². The summed E-state index contributed by atoms with van der Waals surface area (Å²) in [4.78, 5) is 0.481. The van der Waals surface area contributed by atoms with Crippen molar-refractivity contribution in [2.75, 3.05) is 0 Å². The minimum atomic E-state index is -1.79. The fraction of sp³-hybridized carbons (Fsp3) is 0. The van der Waals surface area contributed by atoms with Crippen LogP contribution in [-0.2, 0) is 11.1 Å². The first-order chi connectivity index (χ1) is 3.80. The van der Waals surface area contributed by atoms with Crippen molar-refractivity contribution in [1.82, 2.24) is 0 Å². The first-order valence-corrected chi connectivity index (χ1v) is 3.98. The Kier molecular flexibility index (Phi) is 4.45. The van der Waals surface area contributed by atoms with Crippen LogP contribution in [0.2, 0.25) is 0 Å². The fourth-order valence-electron chi connectivity index (χ4n) is 0.351. The SMILES string of the molecule is O=S(O)c1ccsc1.[H-].[Li+]. The molecule has 0 aromatic carbocycles. The van der Waals surface area contributed by atoms with Gasteiger partial charge in [0.2, 0.25) is 0 Å². The van der Waals surface area contributed by atoms with Gasteiger partial charge < -0.3 is 5.98 Å². The number of hydrogen-bond donors (Lipinski definition) is 1. The second-order valence-electron chi connectivity index (χ2n) is 1.21. The maximum atomic E-state index is 10.2. The minimum absolute atomic E-state index is 0. The van der Waals surface area contributed by atoms with E-state index in [0.717, 1.165) is 0 Å². The summed E-state index contributed by atoms with van der Waals surface area (Å²) in [5.74, 6) is 0. The molecule has 0 bridgehead atoms. The van der Waals surface area contributed by atoms with Crippen molar-refractivity contribution in [2.45, 2.75) is 4.90 Å². The predicted octanol–water partition coefficient (Wildman–Crippen LogP) is -1.55. The molecule has 0 aliphatic carbocycles. The second-order valence-corrected chi connectivity index (χ2v) is 2.96. The van der Waals surface area contributed by atoms with Gasteiger partial charge in [-0.15, -0.1) is 0 Å². The van der Waals surface area contributed by atoms with E-state index in [9.17, 15) is 4.21 Å². The van der Waals surface area contributed by atoms with Gasteiger partial charge in [-0.2, -0.15) is 11.3 Å². The van der Waals surface area contributed by atoms with Crippen molar-refractivity contribution >= 4 is 22.4 Å². The largest absolute Gasteiger partial charge is 1.00 e. The van der Waals surface area contributed by atoms with Crippen molar-refractivity contribution < 1.29 is 29.0 Å². The molecule has 0 radical (unpaired) electrons. The van der Waals surface area contributed by atoms with Gasteiger partial charge in [0.1, 0.15) is 0 Å². The normalized spacial score (nSPS) is 12.1. The van der Waals surface area contributed by atoms with E-state index < -0.39 is 11.1 Å². The third-order valence-corrected chi connectivity index (χ3v) is 2.19. The van der Waals surface area contributed by atoms with Crippen LogP contribution < -0.4 is 18.9 Å². The van der Waals surface area contributed by atoms with Crippen molar-refractivity contribution in [3.05, 3.63) is 16.8 Å². The van der Waals surface area contributed by atoms with Crippen molar-refractivity contribution in [1.29, 1.82) is 0 Å². The van der Waals surface area contributed by atoms with Crippen LogP contribution in [0.1, 0.15) is 1.43 Å². The van der Waals surface area contributed by atoms with Gasteiger partial charge >= 0.3 is 18.9 Å². The zero-order valence-electron chi connectivity index (χ0n) is 5.90. The van der Waals surface area contributed by atoms with Crippen LogP contribution in [0, 0.1) is 0 Å². The Morgan fingerprint density at radius 2 is 2.44 bits per heavy atom. The molecule has 9 heavy (non-hydrogen) atoms. The Hall–Kier alpha value is 0.407. The van der Waals surface area contributed by atoms with Crippen LogP contribution in [0.4, 0.5) is 0 Å². The van der Waals surface area contributed by atoms with Crippen LogP contribution in [0.15, 0.2) is 21.7 Å². The monoisotopic (exact) mass is 156 g/mol. The summed E-state index contributed by atoms with van der Waals surface area (Å²) in [5, 5.41) is 3.42. The standard InChI is InChI=1S/C4H4O2S2.Li.H/c5-8(6)4-1-2-7-3-4;;/h1-3H,(H,5,6);;/q;+1;-1. The van der Waals surface area contributed by atoms with Gasteiger partial charge in [-0.05, 0) is 11.4 Å². The average molecular weight is 156 g/mol. The van der Waals surface area contributed by atoms with E-state index in [1.807, 2.05) is 0 Å². The third kappa shape index (κ3) is 2.65. The summed E-state index contributed by atoms with van der Waals surface area (Å²) in [6, 6.07) is 1.63. The van der Waals surface area contributed by atoms with Crippen LogP contribution in [0.25, 0.3) is 0 Å². The molecule has 1 aromatic rings. The minimum Gasteiger partial charge on any atom is -1.00 e. The van der Waals surface area contributed by atoms with Gasteiger partial charge in [-0.1, -0.05) is 0 Å². The summed E-state index contributed by atoms with van der Waals surface area (Å²) in [6.07, 6.45) is 0. The molecule has 0 spiro atoms. The molecule has 1 atom stereocenters. The molecule has 0 saturated carbocycles. The second kappa shape index (κ2) is 4.26. The molecule has 0 aliphatic rings. The molecule has 5 heteroatoms. The van der Waals surface area contributed by atoms with Gasteiger partial charge in [0, 0.05) is 5.38 Å². The molecule has 1 unspecified atom stereocenters. The Balaban J connectivity index is 0. The van der Waals surface area contributed by atoms with Gasteiger partial charge in [0.05, 0.1) is 4.90 Å². The van der Waals surface area contributed by atoms with Crippen molar-refractivity contribution in [3.63, 3.8) is 0 Å². The fourth-order valence-corrected chi connectivity index (χ4v) is 1.63. The quantitative estimate of drug-likeness (QED) is 0.394. The molecule has 0 fully saturated rings. The van der Waals surface area contributed by atoms with Gasteiger partial charge in [0.15, 0.2) is 11.1 Å². The smallest absolute Gasteiger partial charge is 1.00 e. The van der Waals surface area contributed by atoms with Gasteiger partial charge in [0.25, 0.3) is 0 Å². The van der Waals surface area contributed by atoms with E-state index >= 15 is 0 Å². The zero-order valence-corrected chi connectivity index (χ0v) is 6.54. The topological polar surface area (TPSA) is 37.3 Å². The van der Waals surface area contributed by atoms with Crippen LogP contribution in [-0.4, -0.2) is 8.76 Å². The molecule has 1 rings (SSSR count). The molecule has 2 nitrogen and oxygen atoms in total. The van der Waals surface area contributed by atoms with E-state index in [1.165, 1.54) is 11.3 Å². The first kappa shape index (κ1) is 9.41. The molecule has 1 N–H and O–H groups in total. The summed E-state index contributed by atoms with van der Waals surface area (Å²) in [7, 11) is 0. The Morgan fingerprint density at radius 1 is 1.78 bits per heavy atom. The van der Waals surface area contributed by atoms with Crippen LogP contribution >= 0.6 is 11.3 Å². The maximum Gasteiger partial charge on any atom is 1.00 e. The van der Waals surface area contributed by atoms with E-state index in [-0.39, 0.29) is 20.3 Å². The zero-order chi connectivity index (χ0) is 5.98. The molecule has 0 aliphatic heterocycles. The van der Waals surface area contributed by atoms with Gasteiger partial charge in [-0.25, -0.2) is 4.21 Å². The molecular weight excluding hydrogens is 151 g/mol. The number of thiophene rings is 1. The molecular formula is C4H5LiO2S2. The Labute approximate surface area is 73.2 Å². The molecule has 1 heterocycles. The summed E-state index contributed by atoms with van der Waals surface area (Å²) < 4.78 is 18.6. The van der Waals surface area contributed by atoms with E-state index in [1.54, 1.807) is 16.8 Å². The number of rotatable bonds is 1. The molecule has 1 aromatic heterocycles. The van der Waals surface area contributed by atoms with E-state index in [0.29, 0.717) is 4.90 Å². The average Bonchev–Trinajstić information content (AvgIpc) is 2.12. The van der Waals surface area contributed by atoms with Crippen molar-refractivity contribution in [2.24, 2.45) is 0 Å². The summed E-state index contributed by atoms with van der Waals surface area (Å²) in [5.41, 5.74) is 0. The molecule has 0 amide bonds. The maximum absolute atomic E-state index is 10.2. The number of hydrogen-bond acceptors (Lipinski definition) is 2. The molecule has 46 valence electrons. The van der Waals surface area contributed by atoms with Crippen molar-refractivity contribution in [3.8, 4) is 0 Å².